The van der Waals surface area contributed by atoms with Gasteiger partial charge in [0.15, 0.2) is 0 Å². The van der Waals surface area contributed by atoms with Crippen molar-refractivity contribution in [3.05, 3.63) is 0 Å². The lowest BCUT2D eigenvalue weighted by Gasteiger charge is -2.30. The third-order valence-electron chi connectivity index (χ3n) is 5.54. The molecule has 0 saturated carbocycles. The highest BCUT2D eigenvalue weighted by Gasteiger charge is 2.23. The van der Waals surface area contributed by atoms with Crippen LogP contribution in [0.1, 0.15) is 87.5 Å². The molecule has 0 aliphatic rings. The van der Waals surface area contributed by atoms with Gasteiger partial charge in [0.25, 0.3) is 0 Å². The highest BCUT2D eigenvalue weighted by atomic mass is 14.3. The molecule has 0 aromatic carbocycles. The molecule has 0 aliphatic heterocycles. The third kappa shape index (κ3) is 6.82. The fraction of sp³-hybridized carbons (Fsp3) is 1.00. The zero-order valence-corrected chi connectivity index (χ0v) is 15.0. The second-order valence-electron chi connectivity index (χ2n) is 7.52. The fourth-order valence-corrected chi connectivity index (χ4v) is 3.76. The zero-order chi connectivity index (χ0) is 15.0. The summed E-state index contributed by atoms with van der Waals surface area (Å²) in [5.74, 6) is 5.32. The van der Waals surface area contributed by atoms with Crippen molar-refractivity contribution in [1.29, 1.82) is 0 Å². The molecular formula is C19H40. The van der Waals surface area contributed by atoms with Gasteiger partial charge in [-0.05, 0) is 48.3 Å². The van der Waals surface area contributed by atoms with Crippen LogP contribution in [0.3, 0.4) is 0 Å². The Morgan fingerprint density at radius 3 is 1.26 bits per heavy atom. The lowest BCUT2D eigenvalue weighted by Crippen LogP contribution is -2.21. The topological polar surface area (TPSA) is 0 Å². The van der Waals surface area contributed by atoms with Crippen molar-refractivity contribution in [2.24, 2.45) is 35.5 Å². The Labute approximate surface area is 123 Å². The Morgan fingerprint density at radius 2 is 0.947 bits per heavy atom. The number of hydrogen-bond donors (Lipinski definition) is 0. The van der Waals surface area contributed by atoms with E-state index in [-0.39, 0.29) is 0 Å². The maximum Gasteiger partial charge on any atom is -0.0363 e. The molecule has 0 amide bonds. The molecule has 0 nitrogen and oxygen atoms in total. The summed E-state index contributed by atoms with van der Waals surface area (Å²) in [6.45, 7) is 19.2. The van der Waals surface area contributed by atoms with Crippen molar-refractivity contribution < 1.29 is 0 Å². The molecule has 0 heteroatoms. The first-order valence-electron chi connectivity index (χ1n) is 8.84. The summed E-state index contributed by atoms with van der Waals surface area (Å²) in [5, 5.41) is 0. The fourth-order valence-electron chi connectivity index (χ4n) is 3.76. The average Bonchev–Trinajstić information content (AvgIpc) is 2.36. The molecule has 0 saturated heterocycles. The first-order valence-corrected chi connectivity index (χ1v) is 8.84. The minimum absolute atomic E-state index is 0.839. The van der Waals surface area contributed by atoms with Crippen LogP contribution in [0.15, 0.2) is 0 Å². The van der Waals surface area contributed by atoms with Crippen LogP contribution in [0.2, 0.25) is 0 Å². The molecule has 0 aliphatic carbocycles. The van der Waals surface area contributed by atoms with Crippen molar-refractivity contribution in [2.45, 2.75) is 87.5 Å². The van der Waals surface area contributed by atoms with Gasteiger partial charge in [0.05, 0.1) is 0 Å². The highest BCUT2D eigenvalue weighted by Crippen LogP contribution is 2.33. The van der Waals surface area contributed by atoms with Gasteiger partial charge in [-0.15, -0.1) is 0 Å². The normalized spacial score (nSPS) is 17.2. The molecule has 0 N–H and O–H groups in total. The van der Waals surface area contributed by atoms with Crippen molar-refractivity contribution in [1.82, 2.24) is 0 Å². The molecule has 0 fully saturated rings. The van der Waals surface area contributed by atoms with Crippen molar-refractivity contribution >= 4 is 0 Å². The minimum atomic E-state index is 0.839. The summed E-state index contributed by atoms with van der Waals surface area (Å²) >= 11 is 0. The number of rotatable bonds is 10. The summed E-state index contributed by atoms with van der Waals surface area (Å²) in [7, 11) is 0. The van der Waals surface area contributed by atoms with Gasteiger partial charge < -0.3 is 0 Å². The Kier molecular flexibility index (Phi) is 9.83. The Balaban J connectivity index is 4.32. The van der Waals surface area contributed by atoms with Gasteiger partial charge >= 0.3 is 0 Å². The second-order valence-corrected chi connectivity index (χ2v) is 7.52. The van der Waals surface area contributed by atoms with Crippen molar-refractivity contribution in [3.63, 3.8) is 0 Å². The molecule has 0 aromatic heterocycles. The predicted octanol–water partition coefficient (Wildman–Crippen LogP) is 6.79. The zero-order valence-electron chi connectivity index (χ0n) is 15.0. The molecule has 116 valence electrons. The van der Waals surface area contributed by atoms with Crippen LogP contribution in [0.25, 0.3) is 0 Å². The summed E-state index contributed by atoms with van der Waals surface area (Å²) in [6, 6.07) is 0. The van der Waals surface area contributed by atoms with Crippen LogP contribution in [0, 0.1) is 35.5 Å². The van der Waals surface area contributed by atoms with Crippen LogP contribution < -0.4 is 0 Å². The molecule has 0 radical (unpaired) electrons. The first kappa shape index (κ1) is 19.0. The average molecular weight is 269 g/mol. The maximum absolute atomic E-state index is 2.46. The Hall–Kier alpha value is 0. The summed E-state index contributed by atoms with van der Waals surface area (Å²) in [6.07, 6.45) is 6.98. The van der Waals surface area contributed by atoms with Gasteiger partial charge in [-0.2, -0.15) is 0 Å². The minimum Gasteiger partial charge on any atom is -0.0651 e. The van der Waals surface area contributed by atoms with Gasteiger partial charge in [-0.1, -0.05) is 74.7 Å². The Morgan fingerprint density at radius 1 is 0.579 bits per heavy atom. The number of hydrogen-bond acceptors (Lipinski definition) is 0. The van der Waals surface area contributed by atoms with Crippen molar-refractivity contribution in [2.75, 3.05) is 0 Å². The second kappa shape index (κ2) is 9.83. The molecule has 0 rings (SSSR count). The van der Waals surface area contributed by atoms with Gasteiger partial charge in [0, 0.05) is 0 Å². The van der Waals surface area contributed by atoms with E-state index in [0.717, 1.165) is 35.5 Å². The van der Waals surface area contributed by atoms with Crippen LogP contribution in [0.4, 0.5) is 0 Å². The van der Waals surface area contributed by atoms with E-state index in [1.807, 2.05) is 0 Å². The lowest BCUT2D eigenvalue weighted by atomic mass is 9.75. The largest absolute Gasteiger partial charge is 0.0651 e. The lowest BCUT2D eigenvalue weighted by molar-refractivity contribution is 0.201. The van der Waals surface area contributed by atoms with Crippen molar-refractivity contribution in [3.8, 4) is 0 Å². The van der Waals surface area contributed by atoms with E-state index in [4.69, 9.17) is 0 Å². The molecule has 2 unspecified atom stereocenters. The van der Waals surface area contributed by atoms with E-state index in [1.54, 1.807) is 0 Å². The van der Waals surface area contributed by atoms with E-state index in [1.165, 1.54) is 32.1 Å². The maximum atomic E-state index is 2.46. The smallest absolute Gasteiger partial charge is 0.0363 e. The van der Waals surface area contributed by atoms with E-state index < -0.39 is 0 Å². The quantitative estimate of drug-likeness (QED) is 0.409. The van der Waals surface area contributed by atoms with Crippen LogP contribution in [0.5, 0.6) is 0 Å². The van der Waals surface area contributed by atoms with E-state index in [2.05, 4.69) is 55.4 Å². The summed E-state index contributed by atoms with van der Waals surface area (Å²) in [4.78, 5) is 0. The van der Waals surface area contributed by atoms with Gasteiger partial charge in [-0.25, -0.2) is 0 Å². The predicted molar refractivity (Wildman–Crippen MR) is 89.4 cm³/mol. The van der Waals surface area contributed by atoms with Gasteiger partial charge in [0.1, 0.15) is 0 Å². The SMILES string of the molecule is CCC(C)C(CCCC(C(C)C)C(C)C)C(C)CC. The molecule has 0 aromatic rings. The Bertz CT molecular complexity index is 186. The molecule has 0 bridgehead atoms. The van der Waals surface area contributed by atoms with E-state index >= 15 is 0 Å². The van der Waals surface area contributed by atoms with Gasteiger partial charge in [0.2, 0.25) is 0 Å². The van der Waals surface area contributed by atoms with Crippen LogP contribution in [-0.2, 0) is 0 Å². The van der Waals surface area contributed by atoms with Crippen LogP contribution in [-0.4, -0.2) is 0 Å². The van der Waals surface area contributed by atoms with E-state index in [9.17, 15) is 0 Å². The molecule has 0 spiro atoms. The van der Waals surface area contributed by atoms with Crippen LogP contribution >= 0.6 is 0 Å². The third-order valence-corrected chi connectivity index (χ3v) is 5.54. The molecular weight excluding hydrogens is 228 g/mol. The monoisotopic (exact) mass is 268 g/mol. The van der Waals surface area contributed by atoms with Gasteiger partial charge in [-0.3, -0.25) is 0 Å². The standard InChI is InChI=1S/C19H40/c1-9-16(7)19(17(8)10-2)13-11-12-18(14(3)4)15(5)6/h14-19H,9-13H2,1-8H3. The first-order chi connectivity index (χ1) is 8.84. The summed E-state index contributed by atoms with van der Waals surface area (Å²) in [5.41, 5.74) is 0. The molecule has 0 heterocycles. The molecule has 2 atom stereocenters. The highest BCUT2D eigenvalue weighted by molar-refractivity contribution is 4.73. The molecule has 19 heavy (non-hydrogen) atoms. The van der Waals surface area contributed by atoms with E-state index in [0.29, 0.717) is 0 Å². The summed E-state index contributed by atoms with van der Waals surface area (Å²) < 4.78 is 0.